The average molecular weight is 456 g/mol. The van der Waals surface area contributed by atoms with E-state index in [0.717, 1.165) is 5.39 Å². The highest BCUT2D eigenvalue weighted by molar-refractivity contribution is 6.01. The van der Waals surface area contributed by atoms with Crippen molar-refractivity contribution in [2.24, 2.45) is 5.92 Å². The molecule has 0 aliphatic rings. The summed E-state index contributed by atoms with van der Waals surface area (Å²) in [6, 6.07) is 6.90. The Morgan fingerprint density at radius 3 is 2.48 bits per heavy atom. The molecular weight excluding hydrogens is 428 g/mol. The number of hydrogen-bond acceptors (Lipinski definition) is 6. The predicted octanol–water partition coefficient (Wildman–Crippen LogP) is 4.48. The first kappa shape index (κ1) is 24.2. The second kappa shape index (κ2) is 10.4. The number of nitrogens with one attached hydrogen (secondary N) is 2. The van der Waals surface area contributed by atoms with Crippen molar-refractivity contribution in [3.05, 3.63) is 59.2 Å². The molecule has 33 heavy (non-hydrogen) atoms. The van der Waals surface area contributed by atoms with Crippen LogP contribution in [0.1, 0.15) is 61.3 Å². The number of carbonyl (C=O) groups excluding carboxylic acids is 2. The normalized spacial score (nSPS) is 11.4. The van der Waals surface area contributed by atoms with Gasteiger partial charge in [0, 0.05) is 42.1 Å². The molecule has 1 aromatic carbocycles. The van der Waals surface area contributed by atoms with E-state index in [-0.39, 0.29) is 36.4 Å². The largest absolute Gasteiger partial charge is 0.367 e. The van der Waals surface area contributed by atoms with Crippen LogP contribution in [0.3, 0.4) is 0 Å². The third-order valence-corrected chi connectivity index (χ3v) is 5.00. The molecule has 9 heteroatoms. The summed E-state index contributed by atoms with van der Waals surface area (Å²) >= 11 is 0. The van der Waals surface area contributed by atoms with Gasteiger partial charge in [-0.05, 0) is 37.1 Å². The lowest BCUT2D eigenvalue weighted by Gasteiger charge is -2.14. The number of anilines is 1. The number of Topliss-reactive ketones (excluding diaryl/α,β-unsaturated/α-hetero) is 1. The molecule has 0 atom stereocenters. The van der Waals surface area contributed by atoms with Crippen molar-refractivity contribution in [2.45, 2.75) is 53.1 Å². The van der Waals surface area contributed by atoms with Gasteiger partial charge in [0.2, 0.25) is 5.91 Å². The van der Waals surface area contributed by atoms with Crippen molar-refractivity contribution in [3.63, 3.8) is 0 Å². The van der Waals surface area contributed by atoms with Gasteiger partial charge in [0.05, 0.1) is 5.52 Å². The molecule has 174 valence electrons. The van der Waals surface area contributed by atoms with Crippen LogP contribution in [0.2, 0.25) is 0 Å². The van der Waals surface area contributed by atoms with E-state index >= 15 is 0 Å². The van der Waals surface area contributed by atoms with E-state index in [1.54, 1.807) is 26.0 Å². The van der Waals surface area contributed by atoms with Gasteiger partial charge in [0.1, 0.15) is 17.8 Å². The average Bonchev–Trinajstić information content (AvgIpc) is 2.77. The number of fused-ring (bicyclic) bond motifs is 1. The minimum atomic E-state index is -2.90. The third kappa shape index (κ3) is 5.85. The van der Waals surface area contributed by atoms with Gasteiger partial charge in [0.15, 0.2) is 5.78 Å². The Balaban J connectivity index is 1.92. The maximum absolute atomic E-state index is 13.6. The molecular formula is C24H27F2N5O2. The molecule has 1 amide bonds. The van der Waals surface area contributed by atoms with Crippen molar-refractivity contribution >= 4 is 28.4 Å². The van der Waals surface area contributed by atoms with E-state index in [1.165, 1.54) is 18.6 Å². The Hall–Kier alpha value is -3.49. The SMILES string of the molecule is CC(C)Nc1ncnc2c(CC(=O)c3cc(CNC(=O)C(C)C)cnc3C(F)F)cccc12. The number of para-hydroxylation sites is 1. The smallest absolute Gasteiger partial charge is 0.281 e. The molecule has 3 aromatic rings. The van der Waals surface area contributed by atoms with Gasteiger partial charge >= 0.3 is 0 Å². The van der Waals surface area contributed by atoms with E-state index in [4.69, 9.17) is 0 Å². The van der Waals surface area contributed by atoms with Crippen LogP contribution in [-0.2, 0) is 17.8 Å². The maximum atomic E-state index is 13.6. The number of alkyl halides is 2. The minimum absolute atomic E-state index is 0.0968. The zero-order valence-corrected chi connectivity index (χ0v) is 19.0. The number of aromatic nitrogens is 3. The van der Waals surface area contributed by atoms with Gasteiger partial charge in [-0.1, -0.05) is 26.0 Å². The van der Waals surface area contributed by atoms with Crippen molar-refractivity contribution in [2.75, 3.05) is 5.32 Å². The fourth-order valence-corrected chi connectivity index (χ4v) is 3.35. The van der Waals surface area contributed by atoms with Crippen LogP contribution < -0.4 is 10.6 Å². The Bertz CT molecular complexity index is 1160. The topological polar surface area (TPSA) is 96.9 Å². The molecule has 2 aromatic heterocycles. The number of amides is 1. The fraction of sp³-hybridized carbons (Fsp3) is 0.375. The molecule has 2 N–H and O–H groups in total. The molecule has 0 radical (unpaired) electrons. The van der Waals surface area contributed by atoms with E-state index < -0.39 is 17.9 Å². The molecule has 0 fully saturated rings. The summed E-state index contributed by atoms with van der Waals surface area (Å²) in [5.41, 5.74) is 0.922. The first-order chi connectivity index (χ1) is 15.7. The van der Waals surface area contributed by atoms with Crippen molar-refractivity contribution < 1.29 is 18.4 Å². The van der Waals surface area contributed by atoms with Gasteiger partial charge in [-0.15, -0.1) is 0 Å². The highest BCUT2D eigenvalue weighted by Gasteiger charge is 2.22. The zero-order chi connectivity index (χ0) is 24.1. The lowest BCUT2D eigenvalue weighted by atomic mass is 9.98. The van der Waals surface area contributed by atoms with Gasteiger partial charge in [-0.25, -0.2) is 18.7 Å². The number of nitrogens with zero attached hydrogens (tertiary/aromatic N) is 3. The zero-order valence-electron chi connectivity index (χ0n) is 19.0. The summed E-state index contributed by atoms with van der Waals surface area (Å²) in [5, 5.41) is 6.69. The number of rotatable bonds is 9. The number of benzene rings is 1. The summed E-state index contributed by atoms with van der Waals surface area (Å²) < 4.78 is 27.2. The van der Waals surface area contributed by atoms with Crippen molar-refractivity contribution in [1.82, 2.24) is 20.3 Å². The van der Waals surface area contributed by atoms with Crippen LogP contribution >= 0.6 is 0 Å². The van der Waals surface area contributed by atoms with Crippen molar-refractivity contribution in [1.29, 1.82) is 0 Å². The van der Waals surface area contributed by atoms with Crippen LogP contribution in [0.15, 0.2) is 36.8 Å². The number of halogens is 2. The Morgan fingerprint density at radius 1 is 1.06 bits per heavy atom. The first-order valence-corrected chi connectivity index (χ1v) is 10.7. The highest BCUT2D eigenvalue weighted by Crippen LogP contribution is 2.26. The molecule has 0 aliphatic carbocycles. The van der Waals surface area contributed by atoms with E-state index in [2.05, 4.69) is 25.6 Å². The summed E-state index contributed by atoms with van der Waals surface area (Å²) in [5.74, 6) is -0.258. The molecule has 0 spiro atoms. The number of carbonyl (C=O) groups is 2. The van der Waals surface area contributed by atoms with Crippen LogP contribution in [-0.4, -0.2) is 32.7 Å². The Kier molecular flexibility index (Phi) is 7.63. The van der Waals surface area contributed by atoms with Crippen LogP contribution in [0.5, 0.6) is 0 Å². The predicted molar refractivity (Wildman–Crippen MR) is 122 cm³/mol. The van der Waals surface area contributed by atoms with Gasteiger partial charge in [0.25, 0.3) is 6.43 Å². The molecule has 0 unspecified atom stereocenters. The monoisotopic (exact) mass is 455 g/mol. The van der Waals surface area contributed by atoms with E-state index in [9.17, 15) is 18.4 Å². The number of hydrogen-bond donors (Lipinski definition) is 2. The fourth-order valence-electron chi connectivity index (χ4n) is 3.35. The third-order valence-electron chi connectivity index (χ3n) is 5.00. The van der Waals surface area contributed by atoms with Crippen molar-refractivity contribution in [3.8, 4) is 0 Å². The Labute approximate surface area is 191 Å². The van der Waals surface area contributed by atoms with E-state index in [1.807, 2.05) is 19.9 Å². The van der Waals surface area contributed by atoms with Gasteiger partial charge in [-0.3, -0.25) is 14.6 Å². The van der Waals surface area contributed by atoms with E-state index in [0.29, 0.717) is 22.5 Å². The molecule has 0 aliphatic heterocycles. The highest BCUT2D eigenvalue weighted by atomic mass is 19.3. The van der Waals surface area contributed by atoms with Crippen LogP contribution in [0.4, 0.5) is 14.6 Å². The quantitative estimate of drug-likeness (QED) is 0.462. The number of pyridine rings is 1. The van der Waals surface area contributed by atoms with Gasteiger partial charge < -0.3 is 10.6 Å². The van der Waals surface area contributed by atoms with Crippen LogP contribution in [0, 0.1) is 5.92 Å². The maximum Gasteiger partial charge on any atom is 0.281 e. The second-order valence-corrected chi connectivity index (χ2v) is 8.38. The Morgan fingerprint density at radius 2 is 1.82 bits per heavy atom. The van der Waals surface area contributed by atoms with Gasteiger partial charge in [-0.2, -0.15) is 0 Å². The lowest BCUT2D eigenvalue weighted by Crippen LogP contribution is -2.27. The number of ketones is 1. The second-order valence-electron chi connectivity index (χ2n) is 8.38. The molecule has 0 saturated carbocycles. The standard InChI is InChI=1S/C24H27F2N5O2/c1-13(2)24(33)28-11-15-8-18(21(22(25)26)27-10-15)19(32)9-16-6-5-7-17-20(16)29-12-30-23(17)31-14(3)4/h5-8,10,12-14,22H,9,11H2,1-4H3,(H,28,33)(H,29,30,31). The molecule has 3 rings (SSSR count). The van der Waals surface area contributed by atoms with Crippen LogP contribution in [0.25, 0.3) is 10.9 Å². The summed E-state index contributed by atoms with van der Waals surface area (Å²) in [7, 11) is 0. The molecule has 0 bridgehead atoms. The lowest BCUT2D eigenvalue weighted by molar-refractivity contribution is -0.124. The molecule has 7 nitrogen and oxygen atoms in total. The summed E-state index contributed by atoms with van der Waals surface area (Å²) in [6.07, 6.45) is -0.363. The summed E-state index contributed by atoms with van der Waals surface area (Å²) in [4.78, 5) is 37.4. The summed E-state index contributed by atoms with van der Waals surface area (Å²) in [6.45, 7) is 7.56. The molecule has 2 heterocycles. The molecule has 0 saturated heterocycles. The first-order valence-electron chi connectivity index (χ1n) is 10.7. The minimum Gasteiger partial charge on any atom is -0.367 e.